The van der Waals surface area contributed by atoms with Gasteiger partial charge >= 0.3 is 11.9 Å². The average molecular weight is 489 g/mol. The minimum Gasteiger partial charge on any atom is -0.465 e. The molecule has 4 unspecified atom stereocenters. The molecule has 34 heavy (non-hydrogen) atoms. The molecule has 3 amide bonds. The standard InChI is InChI=1S/C22H40N4O8/c1-5-18(28)24-14(4)20(30)26-17(22(32)34-7-3)11-12-19(29)25-15(13-27)9-8-10-16(23)21(31)33-6-2/h14-17,27H,5-13,23H2,1-4H3,(H,24,28)(H,25,29)(H,26,30). The Hall–Kier alpha value is -2.73. The van der Waals surface area contributed by atoms with Crippen LogP contribution in [-0.4, -0.2) is 78.8 Å². The van der Waals surface area contributed by atoms with Crippen molar-refractivity contribution in [1.29, 1.82) is 0 Å². The Morgan fingerprint density at radius 2 is 1.47 bits per heavy atom. The molecule has 0 fully saturated rings. The van der Waals surface area contributed by atoms with Crippen LogP contribution in [0, 0.1) is 0 Å². The number of carbonyl (C=O) groups is 5. The van der Waals surface area contributed by atoms with E-state index in [0.29, 0.717) is 19.3 Å². The highest BCUT2D eigenvalue weighted by Gasteiger charge is 2.26. The summed E-state index contributed by atoms with van der Waals surface area (Å²) < 4.78 is 9.81. The van der Waals surface area contributed by atoms with Crippen molar-refractivity contribution in [1.82, 2.24) is 16.0 Å². The number of ether oxygens (including phenoxy) is 2. The van der Waals surface area contributed by atoms with Gasteiger partial charge in [-0.15, -0.1) is 0 Å². The number of nitrogens with two attached hydrogens (primary N) is 1. The number of carbonyl (C=O) groups excluding carboxylic acids is 5. The molecule has 0 aliphatic heterocycles. The molecule has 0 spiro atoms. The van der Waals surface area contributed by atoms with Crippen LogP contribution in [-0.2, 0) is 33.4 Å². The molecule has 0 aromatic carbocycles. The van der Waals surface area contributed by atoms with Crippen LogP contribution < -0.4 is 21.7 Å². The summed E-state index contributed by atoms with van der Waals surface area (Å²) in [6.07, 6.45) is 1.28. The molecule has 0 aromatic heterocycles. The monoisotopic (exact) mass is 488 g/mol. The highest BCUT2D eigenvalue weighted by atomic mass is 16.5. The molecule has 6 N–H and O–H groups in total. The summed E-state index contributed by atoms with van der Waals surface area (Å²) in [5, 5.41) is 17.2. The Kier molecular flexibility index (Phi) is 16.3. The zero-order chi connectivity index (χ0) is 26.1. The maximum absolute atomic E-state index is 12.3. The lowest BCUT2D eigenvalue weighted by Gasteiger charge is -2.21. The second-order valence-electron chi connectivity index (χ2n) is 7.73. The van der Waals surface area contributed by atoms with Gasteiger partial charge in [0.05, 0.1) is 25.9 Å². The third-order valence-electron chi connectivity index (χ3n) is 4.88. The Morgan fingerprint density at radius 3 is 2.03 bits per heavy atom. The minimum atomic E-state index is -1.07. The van der Waals surface area contributed by atoms with Gasteiger partial charge in [0.25, 0.3) is 0 Å². The minimum absolute atomic E-state index is 0.0310. The van der Waals surface area contributed by atoms with Crippen molar-refractivity contribution in [2.75, 3.05) is 19.8 Å². The lowest BCUT2D eigenvalue weighted by molar-refractivity contribution is -0.148. The molecule has 0 aromatic rings. The predicted molar refractivity (Wildman–Crippen MR) is 123 cm³/mol. The summed E-state index contributed by atoms with van der Waals surface area (Å²) in [6, 6.07) is -3.26. The van der Waals surface area contributed by atoms with Crippen LogP contribution >= 0.6 is 0 Å². The summed E-state index contributed by atoms with van der Waals surface area (Å²) in [6.45, 7) is 6.46. The number of rotatable bonds is 17. The van der Waals surface area contributed by atoms with E-state index in [4.69, 9.17) is 15.2 Å². The molecule has 0 heterocycles. The van der Waals surface area contributed by atoms with Crippen LogP contribution in [0.25, 0.3) is 0 Å². The molecule has 0 saturated carbocycles. The van der Waals surface area contributed by atoms with Gasteiger partial charge in [0.15, 0.2) is 0 Å². The summed E-state index contributed by atoms with van der Waals surface area (Å²) >= 11 is 0. The Bertz CT molecular complexity index is 673. The molecule has 196 valence electrons. The lowest BCUT2D eigenvalue weighted by Crippen LogP contribution is -2.51. The Morgan fingerprint density at radius 1 is 0.853 bits per heavy atom. The first kappa shape index (κ1) is 31.3. The number of nitrogens with one attached hydrogen (secondary N) is 3. The van der Waals surface area contributed by atoms with Crippen molar-refractivity contribution in [2.45, 2.75) is 90.4 Å². The van der Waals surface area contributed by atoms with Crippen LogP contribution in [0.15, 0.2) is 0 Å². The molecule has 12 heteroatoms. The third-order valence-corrected chi connectivity index (χ3v) is 4.88. The molecular weight excluding hydrogens is 448 g/mol. The van der Waals surface area contributed by atoms with Crippen LogP contribution in [0.5, 0.6) is 0 Å². The van der Waals surface area contributed by atoms with E-state index >= 15 is 0 Å². The third kappa shape index (κ3) is 13.1. The van der Waals surface area contributed by atoms with Gasteiger partial charge in [0.2, 0.25) is 17.7 Å². The van der Waals surface area contributed by atoms with Crippen LogP contribution in [0.3, 0.4) is 0 Å². The van der Waals surface area contributed by atoms with E-state index < -0.39 is 47.9 Å². The quantitative estimate of drug-likeness (QED) is 0.164. The molecule has 0 aliphatic carbocycles. The number of hydrogen-bond acceptors (Lipinski definition) is 9. The van der Waals surface area contributed by atoms with Gasteiger partial charge in [-0.3, -0.25) is 19.2 Å². The smallest absolute Gasteiger partial charge is 0.328 e. The second-order valence-corrected chi connectivity index (χ2v) is 7.73. The van der Waals surface area contributed by atoms with Crippen molar-refractivity contribution in [3.8, 4) is 0 Å². The Labute approximate surface area is 200 Å². The van der Waals surface area contributed by atoms with Gasteiger partial charge in [0.1, 0.15) is 18.1 Å². The van der Waals surface area contributed by atoms with Gasteiger partial charge in [-0.2, -0.15) is 0 Å². The first-order valence-electron chi connectivity index (χ1n) is 11.7. The van der Waals surface area contributed by atoms with E-state index in [1.54, 1.807) is 20.8 Å². The Balaban J connectivity index is 4.73. The summed E-state index contributed by atoms with van der Waals surface area (Å²) in [4.78, 5) is 59.9. The number of amides is 3. The topological polar surface area (TPSA) is 186 Å². The zero-order valence-corrected chi connectivity index (χ0v) is 20.6. The molecule has 0 radical (unpaired) electrons. The molecule has 4 atom stereocenters. The van der Waals surface area contributed by atoms with Crippen molar-refractivity contribution in [2.24, 2.45) is 5.73 Å². The summed E-state index contributed by atoms with van der Waals surface area (Å²) in [7, 11) is 0. The van der Waals surface area contributed by atoms with Crippen molar-refractivity contribution in [3.63, 3.8) is 0 Å². The van der Waals surface area contributed by atoms with Crippen molar-refractivity contribution >= 4 is 29.7 Å². The van der Waals surface area contributed by atoms with E-state index in [9.17, 15) is 29.1 Å². The average Bonchev–Trinajstić information content (AvgIpc) is 2.80. The van der Waals surface area contributed by atoms with Gasteiger partial charge in [0, 0.05) is 12.8 Å². The van der Waals surface area contributed by atoms with Crippen molar-refractivity contribution in [3.05, 3.63) is 0 Å². The molecular formula is C22H40N4O8. The van der Waals surface area contributed by atoms with Crippen LogP contribution in [0.4, 0.5) is 0 Å². The highest BCUT2D eigenvalue weighted by Crippen LogP contribution is 2.07. The van der Waals surface area contributed by atoms with E-state index in [2.05, 4.69) is 16.0 Å². The zero-order valence-electron chi connectivity index (χ0n) is 20.6. The largest absolute Gasteiger partial charge is 0.465 e. The molecule has 0 rings (SSSR count). The van der Waals surface area contributed by atoms with Crippen LogP contribution in [0.2, 0.25) is 0 Å². The highest BCUT2D eigenvalue weighted by molar-refractivity contribution is 5.90. The van der Waals surface area contributed by atoms with Gasteiger partial charge < -0.3 is 36.3 Å². The second kappa shape index (κ2) is 17.7. The van der Waals surface area contributed by atoms with E-state index in [1.807, 2.05) is 0 Å². The van der Waals surface area contributed by atoms with E-state index in [-0.39, 0.29) is 45.0 Å². The molecule has 0 aliphatic rings. The first-order chi connectivity index (χ1) is 16.1. The first-order valence-corrected chi connectivity index (χ1v) is 11.7. The maximum Gasteiger partial charge on any atom is 0.328 e. The fourth-order valence-electron chi connectivity index (χ4n) is 2.93. The molecule has 0 saturated heterocycles. The van der Waals surface area contributed by atoms with Gasteiger partial charge in [-0.05, 0) is 46.5 Å². The fraction of sp³-hybridized carbons (Fsp3) is 0.773. The maximum atomic E-state index is 12.3. The number of aliphatic hydroxyl groups excluding tert-OH is 1. The molecule has 0 bridgehead atoms. The summed E-state index contributed by atoms with van der Waals surface area (Å²) in [5.41, 5.74) is 5.74. The summed E-state index contributed by atoms with van der Waals surface area (Å²) in [5.74, 6) is -2.50. The number of aliphatic hydroxyl groups is 1. The SMILES string of the molecule is CCOC(=O)C(N)CCCC(CO)NC(=O)CCC(NC(=O)C(C)NC(=O)CC)C(=O)OCC. The van der Waals surface area contributed by atoms with Gasteiger partial charge in [-0.25, -0.2) is 4.79 Å². The fourth-order valence-corrected chi connectivity index (χ4v) is 2.93. The van der Waals surface area contributed by atoms with E-state index in [1.165, 1.54) is 6.92 Å². The number of esters is 2. The normalized spacial score (nSPS) is 14.2. The van der Waals surface area contributed by atoms with Gasteiger partial charge in [-0.1, -0.05) is 6.92 Å². The molecule has 12 nitrogen and oxygen atoms in total. The number of hydrogen-bond donors (Lipinski definition) is 5. The lowest BCUT2D eigenvalue weighted by atomic mass is 10.1. The van der Waals surface area contributed by atoms with Crippen molar-refractivity contribution < 1.29 is 38.6 Å². The van der Waals surface area contributed by atoms with E-state index in [0.717, 1.165) is 0 Å². The van der Waals surface area contributed by atoms with Crippen LogP contribution in [0.1, 0.15) is 66.2 Å². The predicted octanol–water partition coefficient (Wildman–Crippen LogP) is -0.733.